The minimum absolute atomic E-state index is 0.0739. The van der Waals surface area contributed by atoms with Crippen LogP contribution in [0, 0.1) is 5.82 Å². The first kappa shape index (κ1) is 23.0. The average molecular weight is 470 g/mol. The largest absolute Gasteiger partial charge is 0.463 e. The van der Waals surface area contributed by atoms with Crippen LogP contribution < -0.4 is 10.1 Å². The summed E-state index contributed by atoms with van der Waals surface area (Å²) in [7, 11) is 0. The summed E-state index contributed by atoms with van der Waals surface area (Å²) in [5.74, 6) is -0.569. The van der Waals surface area contributed by atoms with Crippen LogP contribution in [0.25, 0.3) is 17.1 Å². The second-order valence-electron chi connectivity index (χ2n) is 7.15. The number of ether oxygens (including phenoxy) is 1. The Bertz CT molecular complexity index is 1300. The van der Waals surface area contributed by atoms with Crippen molar-refractivity contribution >= 4 is 11.6 Å². The molecule has 0 radical (unpaired) electrons. The minimum Gasteiger partial charge on any atom is -0.463 e. The van der Waals surface area contributed by atoms with E-state index >= 15 is 0 Å². The Balaban J connectivity index is 1.62. The second kappa shape index (κ2) is 9.34. The fraction of sp³-hybridized carbons (Fsp3) is 0.125. The maximum Gasteiger partial charge on any atom is 0.416 e. The van der Waals surface area contributed by atoms with E-state index in [4.69, 9.17) is 4.74 Å². The van der Waals surface area contributed by atoms with Gasteiger partial charge in [0.25, 0.3) is 5.91 Å². The SMILES string of the molecule is CCOc1nc(-c2ccc(F)cc2)n(-c2cccc(NC(=O)c3ccc(C(F)(F)F)cc3)c2)n1. The molecule has 174 valence electrons. The molecule has 0 aliphatic rings. The highest BCUT2D eigenvalue weighted by Crippen LogP contribution is 2.29. The molecule has 10 heteroatoms. The fourth-order valence-corrected chi connectivity index (χ4v) is 3.18. The molecule has 0 aliphatic heterocycles. The number of rotatable bonds is 6. The van der Waals surface area contributed by atoms with Gasteiger partial charge < -0.3 is 10.1 Å². The van der Waals surface area contributed by atoms with Crippen molar-refractivity contribution in [3.8, 4) is 23.1 Å². The molecule has 0 fully saturated rings. The molecule has 0 spiro atoms. The van der Waals surface area contributed by atoms with Gasteiger partial charge in [0.15, 0.2) is 5.82 Å². The van der Waals surface area contributed by atoms with Gasteiger partial charge >= 0.3 is 12.2 Å². The van der Waals surface area contributed by atoms with Gasteiger partial charge in [-0.25, -0.2) is 9.07 Å². The quantitative estimate of drug-likeness (QED) is 0.365. The van der Waals surface area contributed by atoms with Crippen molar-refractivity contribution in [1.82, 2.24) is 14.8 Å². The summed E-state index contributed by atoms with van der Waals surface area (Å²) in [5.41, 5.74) is 0.753. The third-order valence-electron chi connectivity index (χ3n) is 4.79. The number of alkyl halides is 3. The van der Waals surface area contributed by atoms with Crippen LogP contribution in [0.2, 0.25) is 0 Å². The first-order valence-corrected chi connectivity index (χ1v) is 10.2. The van der Waals surface area contributed by atoms with Crippen LogP contribution in [0.4, 0.5) is 23.2 Å². The zero-order valence-electron chi connectivity index (χ0n) is 17.8. The molecule has 0 saturated heterocycles. The molecule has 0 atom stereocenters. The van der Waals surface area contributed by atoms with Crippen LogP contribution in [0.1, 0.15) is 22.8 Å². The number of hydrogen-bond donors (Lipinski definition) is 1. The fourth-order valence-electron chi connectivity index (χ4n) is 3.18. The van der Waals surface area contributed by atoms with E-state index in [1.807, 2.05) is 0 Å². The maximum absolute atomic E-state index is 13.4. The highest BCUT2D eigenvalue weighted by molar-refractivity contribution is 6.04. The van der Waals surface area contributed by atoms with Gasteiger partial charge in [-0.1, -0.05) is 6.07 Å². The van der Waals surface area contributed by atoms with Crippen LogP contribution in [-0.4, -0.2) is 27.3 Å². The number of aromatic nitrogens is 3. The Morgan fingerprint density at radius 1 is 1.03 bits per heavy atom. The van der Waals surface area contributed by atoms with E-state index in [0.717, 1.165) is 24.3 Å². The van der Waals surface area contributed by atoms with Gasteiger partial charge in [0.05, 0.1) is 17.9 Å². The molecule has 4 rings (SSSR count). The van der Waals surface area contributed by atoms with Crippen molar-refractivity contribution in [2.24, 2.45) is 0 Å². The maximum atomic E-state index is 13.4. The highest BCUT2D eigenvalue weighted by Gasteiger charge is 2.30. The number of amides is 1. The lowest BCUT2D eigenvalue weighted by atomic mass is 10.1. The van der Waals surface area contributed by atoms with Crippen LogP contribution in [0.3, 0.4) is 0 Å². The van der Waals surface area contributed by atoms with E-state index in [1.165, 1.54) is 16.8 Å². The standard InChI is InChI=1S/C24H18F4N4O2/c1-2-34-23-30-21(15-8-12-18(25)13-9-15)32(31-23)20-5-3-4-19(14-20)29-22(33)16-6-10-17(11-7-16)24(26,27)28/h3-14H,2H2,1H3,(H,29,33). The first-order chi connectivity index (χ1) is 16.2. The average Bonchev–Trinajstić information content (AvgIpc) is 3.23. The van der Waals surface area contributed by atoms with E-state index in [1.54, 1.807) is 43.3 Å². The van der Waals surface area contributed by atoms with Gasteiger partial charge in [0, 0.05) is 16.8 Å². The Hall–Kier alpha value is -4.21. The van der Waals surface area contributed by atoms with Crippen molar-refractivity contribution in [3.05, 3.63) is 89.7 Å². The number of carbonyl (C=O) groups excluding carboxylic acids is 1. The summed E-state index contributed by atoms with van der Waals surface area (Å²) < 4.78 is 58.6. The van der Waals surface area contributed by atoms with Gasteiger partial charge in [-0.05, 0) is 73.7 Å². The van der Waals surface area contributed by atoms with E-state index in [2.05, 4.69) is 15.4 Å². The lowest BCUT2D eigenvalue weighted by Gasteiger charge is -2.10. The van der Waals surface area contributed by atoms with Crippen molar-refractivity contribution in [1.29, 1.82) is 0 Å². The summed E-state index contributed by atoms with van der Waals surface area (Å²) >= 11 is 0. The topological polar surface area (TPSA) is 69.0 Å². The van der Waals surface area contributed by atoms with Crippen LogP contribution in [-0.2, 0) is 6.18 Å². The number of nitrogens with one attached hydrogen (secondary N) is 1. The normalized spacial score (nSPS) is 11.3. The summed E-state index contributed by atoms with van der Waals surface area (Å²) in [6.07, 6.45) is -4.48. The molecule has 1 amide bonds. The zero-order valence-corrected chi connectivity index (χ0v) is 17.8. The number of benzene rings is 3. The smallest absolute Gasteiger partial charge is 0.416 e. The Morgan fingerprint density at radius 2 is 1.74 bits per heavy atom. The van der Waals surface area contributed by atoms with Gasteiger partial charge in [-0.2, -0.15) is 18.2 Å². The molecule has 34 heavy (non-hydrogen) atoms. The third-order valence-corrected chi connectivity index (χ3v) is 4.79. The van der Waals surface area contributed by atoms with Crippen molar-refractivity contribution in [2.75, 3.05) is 11.9 Å². The Labute approximate surface area is 191 Å². The lowest BCUT2D eigenvalue weighted by molar-refractivity contribution is -0.137. The van der Waals surface area contributed by atoms with Gasteiger partial charge in [-0.15, -0.1) is 5.10 Å². The summed E-state index contributed by atoms with van der Waals surface area (Å²) in [6, 6.07) is 16.4. The van der Waals surface area contributed by atoms with E-state index < -0.39 is 23.5 Å². The number of hydrogen-bond acceptors (Lipinski definition) is 4. The molecule has 6 nitrogen and oxygen atoms in total. The molecule has 1 aromatic heterocycles. The van der Waals surface area contributed by atoms with Crippen molar-refractivity contribution < 1.29 is 27.1 Å². The minimum atomic E-state index is -4.48. The van der Waals surface area contributed by atoms with Gasteiger partial charge in [0.1, 0.15) is 5.82 Å². The van der Waals surface area contributed by atoms with E-state index in [9.17, 15) is 22.4 Å². The molecule has 1 N–H and O–H groups in total. The molecular formula is C24H18F4N4O2. The zero-order chi connectivity index (χ0) is 24.3. The third kappa shape index (κ3) is 5.06. The Kier molecular flexibility index (Phi) is 6.31. The van der Waals surface area contributed by atoms with Gasteiger partial charge in [0.2, 0.25) is 0 Å². The highest BCUT2D eigenvalue weighted by atomic mass is 19.4. The number of nitrogens with zero attached hydrogens (tertiary/aromatic N) is 3. The summed E-state index contributed by atoms with van der Waals surface area (Å²) in [4.78, 5) is 16.9. The van der Waals surface area contributed by atoms with Crippen molar-refractivity contribution in [3.63, 3.8) is 0 Å². The molecule has 0 unspecified atom stereocenters. The van der Waals surface area contributed by atoms with Gasteiger partial charge in [-0.3, -0.25) is 4.79 Å². The molecule has 4 aromatic rings. The molecular weight excluding hydrogens is 452 g/mol. The monoisotopic (exact) mass is 470 g/mol. The number of carbonyl (C=O) groups is 1. The molecule has 0 bridgehead atoms. The lowest BCUT2D eigenvalue weighted by Crippen LogP contribution is -2.13. The summed E-state index contributed by atoms with van der Waals surface area (Å²) in [5, 5.41) is 7.01. The molecule has 1 heterocycles. The van der Waals surface area contributed by atoms with Crippen LogP contribution in [0.5, 0.6) is 6.01 Å². The first-order valence-electron chi connectivity index (χ1n) is 10.2. The predicted octanol–water partition coefficient (Wildman–Crippen LogP) is 5.74. The molecule has 0 aliphatic carbocycles. The Morgan fingerprint density at radius 3 is 2.38 bits per heavy atom. The van der Waals surface area contributed by atoms with Crippen molar-refractivity contribution in [2.45, 2.75) is 13.1 Å². The molecule has 3 aromatic carbocycles. The van der Waals surface area contributed by atoms with E-state index in [0.29, 0.717) is 29.4 Å². The van der Waals surface area contributed by atoms with Crippen LogP contribution >= 0.6 is 0 Å². The molecule has 0 saturated carbocycles. The number of anilines is 1. The second-order valence-corrected chi connectivity index (χ2v) is 7.15. The summed E-state index contributed by atoms with van der Waals surface area (Å²) in [6.45, 7) is 2.13. The predicted molar refractivity (Wildman–Crippen MR) is 117 cm³/mol. The van der Waals surface area contributed by atoms with Crippen LogP contribution in [0.15, 0.2) is 72.8 Å². The van der Waals surface area contributed by atoms with E-state index in [-0.39, 0.29) is 11.6 Å². The number of halogens is 4.